The number of Topliss-reactive ketones (excluding diaryl/α,β-unsaturated/α-hetero) is 1. The highest BCUT2D eigenvalue weighted by Gasteiger charge is 2.17. The van der Waals surface area contributed by atoms with Gasteiger partial charge in [-0.2, -0.15) is 0 Å². The van der Waals surface area contributed by atoms with E-state index >= 15 is 0 Å². The number of benzene rings is 3. The fourth-order valence-electron chi connectivity index (χ4n) is 3.60. The van der Waals surface area contributed by atoms with Crippen LogP contribution < -0.4 is 4.72 Å². The van der Waals surface area contributed by atoms with E-state index in [2.05, 4.69) is 4.72 Å². The molecule has 7 heteroatoms. The first kappa shape index (κ1) is 22.3. The topological polar surface area (TPSA) is 76.1 Å². The van der Waals surface area contributed by atoms with Gasteiger partial charge in [0.2, 0.25) is 10.0 Å². The van der Waals surface area contributed by atoms with E-state index in [1.54, 1.807) is 23.5 Å². The van der Waals surface area contributed by atoms with Crippen LogP contribution in [-0.4, -0.2) is 25.7 Å². The maximum absolute atomic E-state index is 12.7. The van der Waals surface area contributed by atoms with E-state index in [4.69, 9.17) is 4.98 Å². The predicted molar refractivity (Wildman–Crippen MR) is 130 cm³/mol. The highest BCUT2D eigenvalue weighted by Crippen LogP contribution is 2.30. The Kier molecular flexibility index (Phi) is 6.50. The Bertz CT molecular complexity index is 1380. The Balaban J connectivity index is 1.47. The number of hydrogen-bond acceptors (Lipinski definition) is 5. The van der Waals surface area contributed by atoms with Crippen molar-refractivity contribution in [3.8, 4) is 10.6 Å². The van der Waals surface area contributed by atoms with Crippen molar-refractivity contribution in [3.63, 3.8) is 0 Å². The first-order valence-corrected chi connectivity index (χ1v) is 12.8. The average molecular weight is 465 g/mol. The van der Waals surface area contributed by atoms with Crippen LogP contribution >= 0.6 is 11.3 Å². The fraction of sp³-hybridized carbons (Fsp3) is 0.200. The second-order valence-electron chi connectivity index (χ2n) is 7.56. The Morgan fingerprint density at radius 3 is 2.53 bits per heavy atom. The van der Waals surface area contributed by atoms with Crippen LogP contribution in [0.2, 0.25) is 0 Å². The van der Waals surface area contributed by atoms with Crippen LogP contribution in [0.3, 0.4) is 0 Å². The molecule has 0 spiro atoms. The van der Waals surface area contributed by atoms with E-state index in [9.17, 15) is 13.2 Å². The third-order valence-electron chi connectivity index (χ3n) is 5.33. The second-order valence-corrected chi connectivity index (χ2v) is 10.4. The van der Waals surface area contributed by atoms with Crippen LogP contribution in [-0.2, 0) is 22.9 Å². The molecule has 0 radical (unpaired) electrons. The smallest absolute Gasteiger partial charge is 0.240 e. The predicted octanol–water partition coefficient (Wildman–Crippen LogP) is 5.25. The zero-order valence-corrected chi connectivity index (χ0v) is 19.6. The molecule has 4 rings (SSSR count). The first-order chi connectivity index (χ1) is 15.4. The van der Waals surface area contributed by atoms with Gasteiger partial charge in [0.15, 0.2) is 5.78 Å². The number of nitrogens with zero attached hydrogens (tertiary/aromatic N) is 1. The average Bonchev–Trinajstić information content (AvgIpc) is 3.22. The van der Waals surface area contributed by atoms with Crippen LogP contribution in [0, 0.1) is 0 Å². The molecule has 164 valence electrons. The Morgan fingerprint density at radius 2 is 1.81 bits per heavy atom. The standard InChI is InChI=1S/C25H24N2O3S2/c1-3-19-10-11-21(16-22(19)17(2)28)32(29,30)26-14-13-18-9-12-24-23(15-18)27-25(31-24)20-7-5-4-6-8-20/h4-12,15-16,26H,3,13-14H2,1-2H3. The maximum atomic E-state index is 12.7. The molecule has 0 aliphatic rings. The quantitative estimate of drug-likeness (QED) is 0.361. The maximum Gasteiger partial charge on any atom is 0.240 e. The van der Waals surface area contributed by atoms with Crippen LogP contribution in [0.4, 0.5) is 0 Å². The number of carbonyl (C=O) groups is 1. The molecule has 0 atom stereocenters. The third kappa shape index (κ3) is 4.80. The summed E-state index contributed by atoms with van der Waals surface area (Å²) in [4.78, 5) is 16.7. The highest BCUT2D eigenvalue weighted by atomic mass is 32.2. The molecular weight excluding hydrogens is 440 g/mol. The molecule has 0 saturated heterocycles. The van der Waals surface area contributed by atoms with Crippen molar-refractivity contribution in [1.82, 2.24) is 9.71 Å². The van der Waals surface area contributed by atoms with Crippen LogP contribution in [0.25, 0.3) is 20.8 Å². The molecule has 4 aromatic rings. The first-order valence-electron chi connectivity index (χ1n) is 10.5. The lowest BCUT2D eigenvalue weighted by Gasteiger charge is -2.10. The van der Waals surface area contributed by atoms with Gasteiger partial charge in [0.05, 0.1) is 15.1 Å². The molecule has 0 saturated carbocycles. The van der Waals surface area contributed by atoms with Gasteiger partial charge in [0, 0.05) is 17.7 Å². The van der Waals surface area contributed by atoms with E-state index in [1.807, 2.05) is 55.5 Å². The summed E-state index contributed by atoms with van der Waals surface area (Å²) in [6, 6.07) is 20.8. The molecule has 1 aromatic heterocycles. The lowest BCUT2D eigenvalue weighted by atomic mass is 10.0. The summed E-state index contributed by atoms with van der Waals surface area (Å²) in [6.07, 6.45) is 1.22. The summed E-state index contributed by atoms with van der Waals surface area (Å²) < 4.78 is 29.2. The van der Waals surface area contributed by atoms with Gasteiger partial charge in [-0.05, 0) is 55.2 Å². The summed E-state index contributed by atoms with van der Waals surface area (Å²) >= 11 is 1.64. The summed E-state index contributed by atoms with van der Waals surface area (Å²) in [5, 5.41) is 0.968. The van der Waals surface area contributed by atoms with Gasteiger partial charge in [0.25, 0.3) is 0 Å². The molecule has 1 N–H and O–H groups in total. The van der Waals surface area contributed by atoms with Crippen molar-refractivity contribution in [2.75, 3.05) is 6.54 Å². The number of nitrogens with one attached hydrogen (secondary N) is 1. The summed E-state index contributed by atoms with van der Waals surface area (Å²) in [6.45, 7) is 3.65. The number of ketones is 1. The minimum Gasteiger partial charge on any atom is -0.295 e. The monoisotopic (exact) mass is 464 g/mol. The summed E-state index contributed by atoms with van der Waals surface area (Å²) in [5.74, 6) is -0.134. The van der Waals surface area contributed by atoms with E-state index in [0.29, 0.717) is 18.4 Å². The number of rotatable bonds is 8. The van der Waals surface area contributed by atoms with Gasteiger partial charge >= 0.3 is 0 Å². The second kappa shape index (κ2) is 9.32. The van der Waals surface area contributed by atoms with Crippen molar-refractivity contribution in [2.45, 2.75) is 31.6 Å². The summed E-state index contributed by atoms with van der Waals surface area (Å²) in [7, 11) is -3.70. The van der Waals surface area contributed by atoms with Crippen LogP contribution in [0.1, 0.15) is 35.3 Å². The zero-order chi connectivity index (χ0) is 22.7. The highest BCUT2D eigenvalue weighted by molar-refractivity contribution is 7.89. The molecule has 0 bridgehead atoms. The lowest BCUT2D eigenvalue weighted by molar-refractivity contribution is 0.101. The molecule has 0 fully saturated rings. The largest absolute Gasteiger partial charge is 0.295 e. The minimum absolute atomic E-state index is 0.113. The van der Waals surface area contributed by atoms with E-state index < -0.39 is 10.0 Å². The van der Waals surface area contributed by atoms with Crippen molar-refractivity contribution < 1.29 is 13.2 Å². The fourth-order valence-corrected chi connectivity index (χ4v) is 5.61. The van der Waals surface area contributed by atoms with Crippen LogP contribution in [0.5, 0.6) is 0 Å². The van der Waals surface area contributed by atoms with E-state index in [1.165, 1.54) is 13.0 Å². The molecule has 32 heavy (non-hydrogen) atoms. The number of carbonyl (C=O) groups excluding carboxylic acids is 1. The Morgan fingerprint density at radius 1 is 1.03 bits per heavy atom. The molecule has 0 unspecified atom stereocenters. The Labute approximate surface area is 192 Å². The minimum atomic E-state index is -3.70. The lowest BCUT2D eigenvalue weighted by Crippen LogP contribution is -2.26. The summed E-state index contributed by atoms with van der Waals surface area (Å²) in [5.41, 5.74) is 4.31. The van der Waals surface area contributed by atoms with Crippen LogP contribution in [0.15, 0.2) is 71.6 Å². The van der Waals surface area contributed by atoms with Gasteiger partial charge in [-0.15, -0.1) is 11.3 Å². The molecular formula is C25H24N2O3S2. The van der Waals surface area contributed by atoms with Crippen molar-refractivity contribution in [2.24, 2.45) is 0 Å². The van der Waals surface area contributed by atoms with E-state index in [-0.39, 0.29) is 17.2 Å². The number of fused-ring (bicyclic) bond motifs is 1. The number of sulfonamides is 1. The van der Waals surface area contributed by atoms with Gasteiger partial charge < -0.3 is 0 Å². The van der Waals surface area contributed by atoms with Gasteiger partial charge in [-0.25, -0.2) is 18.1 Å². The number of thiazole rings is 1. The molecule has 0 aliphatic heterocycles. The molecule has 1 heterocycles. The van der Waals surface area contributed by atoms with Crippen molar-refractivity contribution >= 4 is 37.4 Å². The van der Waals surface area contributed by atoms with Gasteiger partial charge in [0.1, 0.15) is 5.01 Å². The number of hydrogen-bond donors (Lipinski definition) is 1. The molecule has 0 aliphatic carbocycles. The zero-order valence-electron chi connectivity index (χ0n) is 18.0. The normalized spacial score (nSPS) is 11.7. The Hall–Kier alpha value is -2.87. The van der Waals surface area contributed by atoms with Crippen molar-refractivity contribution in [1.29, 1.82) is 0 Å². The third-order valence-corrected chi connectivity index (χ3v) is 7.87. The van der Waals surface area contributed by atoms with Crippen molar-refractivity contribution in [3.05, 3.63) is 83.4 Å². The van der Waals surface area contributed by atoms with Gasteiger partial charge in [-0.1, -0.05) is 49.4 Å². The molecule has 3 aromatic carbocycles. The SMILES string of the molecule is CCc1ccc(S(=O)(=O)NCCc2ccc3sc(-c4ccccc4)nc3c2)cc1C(C)=O. The molecule has 0 amide bonds. The van der Waals surface area contributed by atoms with Gasteiger partial charge in [-0.3, -0.25) is 4.79 Å². The number of aryl methyl sites for hydroxylation is 1. The molecule has 5 nitrogen and oxygen atoms in total. The number of aromatic nitrogens is 1. The van der Waals surface area contributed by atoms with E-state index in [0.717, 1.165) is 31.9 Å².